The Hall–Kier alpha value is -1.83. The molecule has 0 bridgehead atoms. The minimum absolute atomic E-state index is 0. The Morgan fingerprint density at radius 1 is 1.13 bits per heavy atom. The number of guanidine groups is 1. The predicted octanol–water partition coefficient (Wildman–Crippen LogP) is 4.65. The van der Waals surface area contributed by atoms with Crippen molar-refractivity contribution in [1.29, 1.82) is 0 Å². The molecule has 2 aromatic rings. The molecule has 1 aromatic heterocycles. The second kappa shape index (κ2) is 12.9. The predicted molar refractivity (Wildman–Crippen MR) is 141 cm³/mol. The number of halogens is 1. The smallest absolute Gasteiger partial charge is 0.250 e. The molecule has 31 heavy (non-hydrogen) atoms. The third-order valence-electron chi connectivity index (χ3n) is 6.09. The lowest BCUT2D eigenvalue weighted by Crippen LogP contribution is -2.48. The second-order valence-electron chi connectivity index (χ2n) is 8.33. The molecule has 2 heterocycles. The number of aryl methyl sites for hydroxylation is 1. The number of unbranched alkanes of at least 4 members (excludes halogenated alkanes) is 1. The SMILES string of the molecule is CCNC(=NCCCCn1c(C)cccc1=O)N1CCC(c2ccccc2)C(C)C1.I. The molecule has 1 aliphatic heterocycles. The molecule has 1 aromatic carbocycles. The van der Waals surface area contributed by atoms with Gasteiger partial charge >= 0.3 is 0 Å². The Labute approximate surface area is 204 Å². The maximum Gasteiger partial charge on any atom is 0.250 e. The van der Waals surface area contributed by atoms with Crippen molar-refractivity contribution < 1.29 is 0 Å². The summed E-state index contributed by atoms with van der Waals surface area (Å²) in [5, 5.41) is 3.48. The zero-order valence-corrected chi connectivity index (χ0v) is 21.4. The second-order valence-corrected chi connectivity index (χ2v) is 8.33. The summed E-state index contributed by atoms with van der Waals surface area (Å²) < 4.78 is 1.85. The van der Waals surface area contributed by atoms with E-state index in [4.69, 9.17) is 4.99 Å². The Morgan fingerprint density at radius 3 is 2.58 bits per heavy atom. The first-order chi connectivity index (χ1) is 14.6. The lowest BCUT2D eigenvalue weighted by atomic mass is 9.82. The van der Waals surface area contributed by atoms with Gasteiger partial charge in [-0.25, -0.2) is 0 Å². The van der Waals surface area contributed by atoms with Gasteiger partial charge in [-0.3, -0.25) is 9.79 Å². The molecule has 1 fully saturated rings. The van der Waals surface area contributed by atoms with Crippen LogP contribution < -0.4 is 10.9 Å². The van der Waals surface area contributed by atoms with E-state index in [1.807, 2.05) is 23.6 Å². The van der Waals surface area contributed by atoms with Crippen molar-refractivity contribution in [3.63, 3.8) is 0 Å². The van der Waals surface area contributed by atoms with Gasteiger partial charge in [-0.15, -0.1) is 24.0 Å². The van der Waals surface area contributed by atoms with Gasteiger partial charge in [0.1, 0.15) is 0 Å². The number of hydrogen-bond donors (Lipinski definition) is 1. The summed E-state index contributed by atoms with van der Waals surface area (Å²) in [5.41, 5.74) is 2.56. The zero-order valence-electron chi connectivity index (χ0n) is 19.1. The molecule has 6 heteroatoms. The van der Waals surface area contributed by atoms with E-state index in [2.05, 4.69) is 54.4 Å². The van der Waals surface area contributed by atoms with Crippen molar-refractivity contribution in [2.75, 3.05) is 26.2 Å². The molecule has 5 nitrogen and oxygen atoms in total. The van der Waals surface area contributed by atoms with Crippen LogP contribution in [0.25, 0.3) is 0 Å². The van der Waals surface area contributed by atoms with Crippen LogP contribution >= 0.6 is 24.0 Å². The van der Waals surface area contributed by atoms with Crippen LogP contribution in [-0.4, -0.2) is 41.6 Å². The van der Waals surface area contributed by atoms with Crippen molar-refractivity contribution in [3.05, 3.63) is 70.1 Å². The molecular weight excluding hydrogens is 499 g/mol. The summed E-state index contributed by atoms with van der Waals surface area (Å²) >= 11 is 0. The molecule has 0 aliphatic carbocycles. The summed E-state index contributed by atoms with van der Waals surface area (Å²) in [5.74, 6) is 2.25. The molecule has 1 saturated heterocycles. The summed E-state index contributed by atoms with van der Waals surface area (Å²) in [6.45, 7) is 11.0. The molecule has 170 valence electrons. The van der Waals surface area contributed by atoms with E-state index in [-0.39, 0.29) is 29.5 Å². The number of piperidine rings is 1. The van der Waals surface area contributed by atoms with Gasteiger partial charge in [0.15, 0.2) is 5.96 Å². The maximum atomic E-state index is 12.0. The van der Waals surface area contributed by atoms with E-state index in [0.29, 0.717) is 11.8 Å². The van der Waals surface area contributed by atoms with E-state index in [1.54, 1.807) is 6.07 Å². The van der Waals surface area contributed by atoms with Gasteiger partial charge in [-0.1, -0.05) is 43.3 Å². The molecule has 0 saturated carbocycles. The number of nitrogens with one attached hydrogen (secondary N) is 1. The van der Waals surface area contributed by atoms with Crippen molar-refractivity contribution >= 4 is 29.9 Å². The number of nitrogens with zero attached hydrogens (tertiary/aromatic N) is 3. The highest BCUT2D eigenvalue weighted by Crippen LogP contribution is 2.32. The first-order valence-electron chi connectivity index (χ1n) is 11.3. The van der Waals surface area contributed by atoms with E-state index >= 15 is 0 Å². The van der Waals surface area contributed by atoms with E-state index in [9.17, 15) is 4.79 Å². The average molecular weight is 537 g/mol. The molecule has 0 spiro atoms. The van der Waals surface area contributed by atoms with E-state index < -0.39 is 0 Å². The van der Waals surface area contributed by atoms with Gasteiger partial charge in [0.05, 0.1) is 0 Å². The minimum Gasteiger partial charge on any atom is -0.357 e. The first-order valence-corrected chi connectivity index (χ1v) is 11.3. The molecule has 1 N–H and O–H groups in total. The topological polar surface area (TPSA) is 49.6 Å². The van der Waals surface area contributed by atoms with Crippen LogP contribution in [0.15, 0.2) is 58.3 Å². The Balaban J connectivity index is 0.00000341. The molecule has 3 rings (SSSR count). The summed E-state index contributed by atoms with van der Waals surface area (Å²) in [6.07, 6.45) is 3.09. The fourth-order valence-electron chi connectivity index (χ4n) is 4.44. The number of pyridine rings is 1. The van der Waals surface area contributed by atoms with Crippen molar-refractivity contribution in [2.24, 2.45) is 10.9 Å². The number of likely N-dealkylation sites (tertiary alicyclic amines) is 1. The Bertz CT molecular complexity index is 881. The molecular formula is C25H37IN4O. The normalized spacial score (nSPS) is 19.1. The fraction of sp³-hybridized carbons (Fsp3) is 0.520. The van der Waals surface area contributed by atoms with Crippen molar-refractivity contribution in [1.82, 2.24) is 14.8 Å². The number of rotatable bonds is 7. The standard InChI is InChI=1S/C25H36N4O.HI/c1-4-26-25(27-16-8-9-17-29-21(3)11-10-14-24(29)30)28-18-15-23(20(2)19-28)22-12-6-5-7-13-22;/h5-7,10-14,20,23H,4,8-9,15-19H2,1-3H3,(H,26,27);1H. The average Bonchev–Trinajstić information content (AvgIpc) is 2.75. The summed E-state index contributed by atoms with van der Waals surface area (Å²) in [6, 6.07) is 16.3. The van der Waals surface area contributed by atoms with Gasteiger partial charge in [0.2, 0.25) is 0 Å². The highest BCUT2D eigenvalue weighted by Gasteiger charge is 2.28. The van der Waals surface area contributed by atoms with Gasteiger partial charge in [0.25, 0.3) is 5.56 Å². The number of benzene rings is 1. The number of aliphatic imine (C=N–C) groups is 1. The van der Waals surface area contributed by atoms with Crippen LogP contribution in [0.2, 0.25) is 0 Å². The number of hydrogen-bond acceptors (Lipinski definition) is 2. The van der Waals surface area contributed by atoms with Crippen LogP contribution in [0.4, 0.5) is 0 Å². The zero-order chi connectivity index (χ0) is 21.3. The monoisotopic (exact) mass is 536 g/mol. The highest BCUT2D eigenvalue weighted by atomic mass is 127. The summed E-state index contributed by atoms with van der Waals surface area (Å²) in [7, 11) is 0. The quantitative estimate of drug-likeness (QED) is 0.243. The third-order valence-corrected chi connectivity index (χ3v) is 6.09. The van der Waals surface area contributed by atoms with Crippen LogP contribution in [0.3, 0.4) is 0 Å². The van der Waals surface area contributed by atoms with Gasteiger partial charge < -0.3 is 14.8 Å². The van der Waals surface area contributed by atoms with Gasteiger partial charge in [-0.05, 0) is 56.6 Å². The van der Waals surface area contributed by atoms with Gasteiger partial charge in [0, 0.05) is 44.5 Å². The minimum atomic E-state index is 0. The highest BCUT2D eigenvalue weighted by molar-refractivity contribution is 14.0. The largest absolute Gasteiger partial charge is 0.357 e. The lowest BCUT2D eigenvalue weighted by molar-refractivity contribution is 0.234. The van der Waals surface area contributed by atoms with Crippen LogP contribution in [0.5, 0.6) is 0 Å². The molecule has 0 amide bonds. The molecule has 2 unspecified atom stereocenters. The summed E-state index contributed by atoms with van der Waals surface area (Å²) in [4.78, 5) is 19.3. The van der Waals surface area contributed by atoms with Gasteiger partial charge in [-0.2, -0.15) is 0 Å². The molecule has 1 aliphatic rings. The number of aromatic nitrogens is 1. The molecule has 2 atom stereocenters. The first kappa shape index (κ1) is 25.4. The Kier molecular flexibility index (Phi) is 10.6. The fourth-order valence-corrected chi connectivity index (χ4v) is 4.44. The van der Waals surface area contributed by atoms with Crippen LogP contribution in [-0.2, 0) is 6.54 Å². The molecule has 0 radical (unpaired) electrons. The Morgan fingerprint density at radius 2 is 1.90 bits per heavy atom. The van der Waals surface area contributed by atoms with E-state index in [0.717, 1.165) is 63.6 Å². The van der Waals surface area contributed by atoms with E-state index in [1.165, 1.54) is 5.56 Å². The third kappa shape index (κ3) is 7.09. The van der Waals surface area contributed by atoms with Crippen molar-refractivity contribution in [3.8, 4) is 0 Å². The maximum absolute atomic E-state index is 12.0. The lowest BCUT2D eigenvalue weighted by Gasteiger charge is -2.39. The van der Waals surface area contributed by atoms with Crippen LogP contribution in [0.1, 0.15) is 50.3 Å². The van der Waals surface area contributed by atoms with Crippen molar-refractivity contribution in [2.45, 2.75) is 52.5 Å². The van der Waals surface area contributed by atoms with Crippen LogP contribution in [0, 0.1) is 12.8 Å².